The van der Waals surface area contributed by atoms with Crippen LogP contribution >= 0.6 is 24.0 Å². The zero-order valence-electron chi connectivity index (χ0n) is 17.6. The summed E-state index contributed by atoms with van der Waals surface area (Å²) < 4.78 is 2.01. The van der Waals surface area contributed by atoms with E-state index in [0.717, 1.165) is 35.6 Å². The molecule has 1 aromatic carbocycles. The number of guanidine groups is 1. The van der Waals surface area contributed by atoms with Gasteiger partial charge in [-0.15, -0.1) is 24.0 Å². The van der Waals surface area contributed by atoms with Crippen LogP contribution in [-0.4, -0.2) is 53.4 Å². The highest BCUT2D eigenvalue weighted by Gasteiger charge is 2.28. The van der Waals surface area contributed by atoms with Gasteiger partial charge >= 0.3 is 0 Å². The van der Waals surface area contributed by atoms with Crippen LogP contribution in [0, 0.1) is 13.8 Å². The molecular formula is C21H33IN6. The van der Waals surface area contributed by atoms with Crippen LogP contribution in [0.15, 0.2) is 35.3 Å². The molecule has 28 heavy (non-hydrogen) atoms. The summed E-state index contributed by atoms with van der Waals surface area (Å²) in [6, 6.07) is 11.7. The maximum atomic E-state index is 4.63. The van der Waals surface area contributed by atoms with Crippen LogP contribution in [-0.2, 0) is 6.54 Å². The number of nitrogens with zero attached hydrogens (tertiary/aromatic N) is 4. The normalized spacial score (nSPS) is 15.3. The summed E-state index contributed by atoms with van der Waals surface area (Å²) >= 11 is 0. The average molecular weight is 496 g/mol. The molecule has 1 aromatic heterocycles. The van der Waals surface area contributed by atoms with Crippen LogP contribution < -0.4 is 10.6 Å². The molecule has 2 N–H and O–H groups in total. The highest BCUT2D eigenvalue weighted by molar-refractivity contribution is 14.0. The van der Waals surface area contributed by atoms with Gasteiger partial charge in [-0.05, 0) is 58.4 Å². The van der Waals surface area contributed by atoms with E-state index in [-0.39, 0.29) is 24.0 Å². The first-order chi connectivity index (χ1) is 13.0. The van der Waals surface area contributed by atoms with E-state index in [0.29, 0.717) is 12.6 Å². The van der Waals surface area contributed by atoms with Crippen molar-refractivity contribution in [2.75, 3.05) is 20.6 Å². The van der Waals surface area contributed by atoms with Crippen LogP contribution in [0.25, 0.3) is 5.69 Å². The lowest BCUT2D eigenvalue weighted by molar-refractivity contribution is 0.247. The number of aromatic nitrogens is 2. The highest BCUT2D eigenvalue weighted by atomic mass is 127. The fraction of sp³-hybridized carbons (Fsp3) is 0.524. The number of para-hydroxylation sites is 1. The van der Waals surface area contributed by atoms with Crippen LogP contribution in [0.1, 0.15) is 36.7 Å². The third-order valence-corrected chi connectivity index (χ3v) is 5.28. The van der Waals surface area contributed by atoms with Gasteiger partial charge < -0.3 is 10.6 Å². The zero-order valence-corrected chi connectivity index (χ0v) is 19.9. The predicted molar refractivity (Wildman–Crippen MR) is 127 cm³/mol. The molecule has 1 unspecified atom stereocenters. The molecule has 0 bridgehead atoms. The second-order valence-corrected chi connectivity index (χ2v) is 7.52. The molecule has 0 aliphatic heterocycles. The van der Waals surface area contributed by atoms with Gasteiger partial charge in [0.1, 0.15) is 0 Å². The molecule has 1 fully saturated rings. The Morgan fingerprint density at radius 2 is 2.00 bits per heavy atom. The Morgan fingerprint density at radius 3 is 2.61 bits per heavy atom. The van der Waals surface area contributed by atoms with Crippen LogP contribution in [0.4, 0.5) is 0 Å². The van der Waals surface area contributed by atoms with E-state index in [1.807, 2.05) is 18.7 Å². The van der Waals surface area contributed by atoms with Crippen molar-refractivity contribution < 1.29 is 0 Å². The summed E-state index contributed by atoms with van der Waals surface area (Å²) in [5, 5.41) is 11.5. The SMILES string of the molecule is CN=C(NCc1ccccc1-n1nc(C)cc1C)NCC(C)N(C)C1CC1.I. The Kier molecular flexibility index (Phi) is 8.30. The topological polar surface area (TPSA) is 57.5 Å². The quantitative estimate of drug-likeness (QED) is 0.351. The number of hydrogen-bond donors (Lipinski definition) is 2. The number of hydrogen-bond acceptors (Lipinski definition) is 3. The lowest BCUT2D eigenvalue weighted by Gasteiger charge is -2.25. The van der Waals surface area contributed by atoms with Gasteiger partial charge in [0.25, 0.3) is 0 Å². The van der Waals surface area contributed by atoms with Crippen molar-refractivity contribution in [3.8, 4) is 5.69 Å². The summed E-state index contributed by atoms with van der Waals surface area (Å²) in [7, 11) is 4.03. The molecule has 1 heterocycles. The van der Waals surface area contributed by atoms with E-state index in [2.05, 4.69) is 76.9 Å². The van der Waals surface area contributed by atoms with Gasteiger partial charge in [0.05, 0.1) is 11.4 Å². The molecule has 1 aliphatic rings. The minimum absolute atomic E-state index is 0. The predicted octanol–water partition coefficient (Wildman–Crippen LogP) is 3.25. The second-order valence-electron chi connectivity index (χ2n) is 7.52. The molecule has 0 amide bonds. The number of rotatable bonds is 7. The lowest BCUT2D eigenvalue weighted by atomic mass is 10.1. The highest BCUT2D eigenvalue weighted by Crippen LogP contribution is 2.26. The first-order valence-electron chi connectivity index (χ1n) is 9.77. The van der Waals surface area contributed by atoms with Crippen molar-refractivity contribution >= 4 is 29.9 Å². The van der Waals surface area contributed by atoms with E-state index in [1.165, 1.54) is 18.4 Å². The van der Waals surface area contributed by atoms with Crippen molar-refractivity contribution in [1.29, 1.82) is 0 Å². The molecule has 7 heteroatoms. The Morgan fingerprint density at radius 1 is 1.29 bits per heavy atom. The van der Waals surface area contributed by atoms with E-state index < -0.39 is 0 Å². The summed E-state index contributed by atoms with van der Waals surface area (Å²) in [6.45, 7) is 7.95. The van der Waals surface area contributed by atoms with E-state index in [4.69, 9.17) is 0 Å². The van der Waals surface area contributed by atoms with Crippen molar-refractivity contribution in [2.24, 2.45) is 4.99 Å². The van der Waals surface area contributed by atoms with Gasteiger partial charge in [-0.3, -0.25) is 9.89 Å². The summed E-state index contributed by atoms with van der Waals surface area (Å²) in [5.41, 5.74) is 4.46. The molecule has 1 atom stereocenters. The number of aryl methyl sites for hydroxylation is 2. The first kappa shape index (κ1) is 22.7. The fourth-order valence-corrected chi connectivity index (χ4v) is 3.37. The molecule has 1 saturated carbocycles. The number of likely N-dealkylation sites (N-methyl/N-ethyl adjacent to an activating group) is 1. The van der Waals surface area contributed by atoms with Gasteiger partial charge in [-0.25, -0.2) is 4.68 Å². The van der Waals surface area contributed by atoms with E-state index in [9.17, 15) is 0 Å². The van der Waals surface area contributed by atoms with Crippen LogP contribution in [0.2, 0.25) is 0 Å². The summed E-state index contributed by atoms with van der Waals surface area (Å²) in [5.74, 6) is 0.828. The first-order valence-corrected chi connectivity index (χ1v) is 9.77. The maximum Gasteiger partial charge on any atom is 0.191 e. The van der Waals surface area contributed by atoms with Crippen molar-refractivity contribution in [3.05, 3.63) is 47.3 Å². The number of nitrogens with one attached hydrogen (secondary N) is 2. The molecule has 154 valence electrons. The molecular weight excluding hydrogens is 463 g/mol. The monoisotopic (exact) mass is 496 g/mol. The van der Waals surface area contributed by atoms with Crippen molar-refractivity contribution in [2.45, 2.75) is 52.2 Å². The fourth-order valence-electron chi connectivity index (χ4n) is 3.37. The molecule has 0 spiro atoms. The molecule has 3 rings (SSSR count). The Labute approximate surface area is 185 Å². The van der Waals surface area contributed by atoms with Crippen molar-refractivity contribution in [3.63, 3.8) is 0 Å². The second kappa shape index (κ2) is 10.2. The summed E-state index contributed by atoms with van der Waals surface area (Å²) in [4.78, 5) is 6.83. The Bertz CT molecular complexity index is 796. The number of halogens is 1. The van der Waals surface area contributed by atoms with Gasteiger partial charge in [0.15, 0.2) is 5.96 Å². The standard InChI is InChI=1S/C21H32N6.HI/c1-15-12-16(2)27(25-15)20-9-7-6-8-18(20)14-24-21(22-4)23-13-17(3)26(5)19-10-11-19;/h6-9,12,17,19H,10-11,13-14H2,1-5H3,(H2,22,23,24);1H. The van der Waals surface area contributed by atoms with Gasteiger partial charge in [0.2, 0.25) is 0 Å². The number of benzene rings is 1. The minimum Gasteiger partial charge on any atom is -0.355 e. The van der Waals surface area contributed by atoms with E-state index >= 15 is 0 Å². The van der Waals surface area contributed by atoms with Crippen LogP contribution in [0.3, 0.4) is 0 Å². The number of aliphatic imine (C=N–C) groups is 1. The maximum absolute atomic E-state index is 4.63. The smallest absolute Gasteiger partial charge is 0.191 e. The van der Waals surface area contributed by atoms with Crippen LogP contribution in [0.5, 0.6) is 0 Å². The third kappa shape index (κ3) is 5.70. The largest absolute Gasteiger partial charge is 0.355 e. The van der Waals surface area contributed by atoms with E-state index in [1.54, 1.807) is 0 Å². The molecule has 0 saturated heterocycles. The molecule has 1 aliphatic carbocycles. The average Bonchev–Trinajstić information content (AvgIpc) is 3.45. The zero-order chi connectivity index (χ0) is 19.4. The Balaban J connectivity index is 0.00000280. The summed E-state index contributed by atoms with van der Waals surface area (Å²) in [6.07, 6.45) is 2.66. The molecule has 2 aromatic rings. The van der Waals surface area contributed by atoms with Gasteiger partial charge in [0, 0.05) is 37.9 Å². The molecule has 0 radical (unpaired) electrons. The molecule has 6 nitrogen and oxygen atoms in total. The van der Waals surface area contributed by atoms with Gasteiger partial charge in [-0.2, -0.15) is 5.10 Å². The Hall–Kier alpha value is -1.61. The third-order valence-electron chi connectivity index (χ3n) is 5.28. The van der Waals surface area contributed by atoms with Gasteiger partial charge in [-0.1, -0.05) is 18.2 Å². The minimum atomic E-state index is 0. The van der Waals surface area contributed by atoms with Crippen molar-refractivity contribution in [1.82, 2.24) is 25.3 Å². The lowest BCUT2D eigenvalue weighted by Crippen LogP contribution is -2.45.